The highest BCUT2D eigenvalue weighted by molar-refractivity contribution is 5.89. The first-order chi connectivity index (χ1) is 16.9. The highest BCUT2D eigenvalue weighted by atomic mass is 16.5. The predicted octanol–water partition coefficient (Wildman–Crippen LogP) is 4.99. The second kappa shape index (κ2) is 13.0. The highest BCUT2D eigenvalue weighted by Crippen LogP contribution is 2.25. The lowest BCUT2D eigenvalue weighted by molar-refractivity contribution is -0.129. The topological polar surface area (TPSA) is 125 Å². The Kier molecular flexibility index (Phi) is 9.56. The number of aromatic nitrogens is 2. The van der Waals surface area contributed by atoms with Gasteiger partial charge in [0.05, 0.1) is 12.3 Å². The van der Waals surface area contributed by atoms with Crippen LogP contribution in [0.15, 0.2) is 54.7 Å². The fourth-order valence-electron chi connectivity index (χ4n) is 3.49. The molecule has 0 bridgehead atoms. The Morgan fingerprint density at radius 1 is 1.00 bits per heavy atom. The first-order valence-corrected chi connectivity index (χ1v) is 11.6. The van der Waals surface area contributed by atoms with Crippen LogP contribution in [-0.4, -0.2) is 33.6 Å². The Bertz CT molecular complexity index is 1130. The molecule has 1 heterocycles. The Hall–Kier alpha value is -3.98. The van der Waals surface area contributed by atoms with E-state index in [9.17, 15) is 9.59 Å². The molecule has 3 rings (SSSR count). The number of carbonyl (C=O) groups excluding carboxylic acids is 2. The minimum Gasteiger partial charge on any atom is -0.494 e. The molecule has 3 aromatic rings. The van der Waals surface area contributed by atoms with Crippen LogP contribution in [0.3, 0.4) is 0 Å². The molecule has 1 aromatic heterocycles. The van der Waals surface area contributed by atoms with Gasteiger partial charge in [-0.25, -0.2) is 15.4 Å². The van der Waals surface area contributed by atoms with Crippen LogP contribution in [0.5, 0.6) is 5.75 Å². The molecule has 0 saturated heterocycles. The molecule has 0 unspecified atom stereocenters. The van der Waals surface area contributed by atoms with Crippen molar-refractivity contribution in [1.82, 2.24) is 15.4 Å². The number of unbranched alkanes of at least 4 members (excludes halogenated alkanes) is 3. The molecule has 184 valence electrons. The number of hydrogen-bond donors (Lipinski definition) is 4. The number of aryl methyl sites for hydroxylation is 1. The van der Waals surface area contributed by atoms with Gasteiger partial charge in [-0.2, -0.15) is 0 Å². The SMILES string of the molecule is CC(=O)Nc1ccc(-c2nc(Nc3cccc(OCCCCCCC(=O)NO)c3)ncc2C)cc1. The average Bonchev–Trinajstić information content (AvgIpc) is 2.85. The summed E-state index contributed by atoms with van der Waals surface area (Å²) in [5.41, 5.74) is 5.86. The summed E-state index contributed by atoms with van der Waals surface area (Å²) >= 11 is 0. The van der Waals surface area contributed by atoms with Gasteiger partial charge in [0.15, 0.2) is 0 Å². The molecule has 4 N–H and O–H groups in total. The number of ether oxygens (including phenoxy) is 1. The molecule has 0 saturated carbocycles. The largest absolute Gasteiger partial charge is 0.494 e. The van der Waals surface area contributed by atoms with Crippen LogP contribution >= 0.6 is 0 Å². The molecule has 9 heteroatoms. The second-order valence-electron chi connectivity index (χ2n) is 8.18. The van der Waals surface area contributed by atoms with Gasteiger partial charge in [-0.3, -0.25) is 14.8 Å². The Labute approximate surface area is 204 Å². The molecule has 35 heavy (non-hydrogen) atoms. The van der Waals surface area contributed by atoms with Crippen molar-refractivity contribution in [1.29, 1.82) is 0 Å². The average molecular weight is 478 g/mol. The van der Waals surface area contributed by atoms with Gasteiger partial charge < -0.3 is 15.4 Å². The van der Waals surface area contributed by atoms with Gasteiger partial charge in [-0.1, -0.05) is 31.0 Å². The molecule has 2 aromatic carbocycles. The Balaban J connectivity index is 1.55. The fourth-order valence-corrected chi connectivity index (χ4v) is 3.49. The van der Waals surface area contributed by atoms with Crippen LogP contribution in [0.4, 0.5) is 17.3 Å². The maximum absolute atomic E-state index is 11.2. The summed E-state index contributed by atoms with van der Waals surface area (Å²) in [7, 11) is 0. The van der Waals surface area contributed by atoms with Crippen LogP contribution in [0, 0.1) is 6.92 Å². The monoisotopic (exact) mass is 477 g/mol. The zero-order valence-corrected chi connectivity index (χ0v) is 20.0. The molecule has 0 aliphatic rings. The van der Waals surface area contributed by atoms with Gasteiger partial charge in [0.1, 0.15) is 5.75 Å². The fraction of sp³-hybridized carbons (Fsp3) is 0.308. The number of nitrogens with zero attached hydrogens (tertiary/aromatic N) is 2. The number of hydroxylamine groups is 1. The van der Waals surface area contributed by atoms with E-state index >= 15 is 0 Å². The third-order valence-electron chi connectivity index (χ3n) is 5.23. The molecule has 0 radical (unpaired) electrons. The second-order valence-corrected chi connectivity index (χ2v) is 8.18. The van der Waals surface area contributed by atoms with Crippen LogP contribution in [0.1, 0.15) is 44.6 Å². The van der Waals surface area contributed by atoms with Crippen molar-refractivity contribution >= 4 is 29.1 Å². The van der Waals surface area contributed by atoms with E-state index in [1.807, 2.05) is 55.5 Å². The van der Waals surface area contributed by atoms with Crippen molar-refractivity contribution in [3.8, 4) is 17.0 Å². The van der Waals surface area contributed by atoms with Gasteiger partial charge in [0, 0.05) is 42.5 Å². The molecule has 2 amide bonds. The van der Waals surface area contributed by atoms with Crippen molar-refractivity contribution in [3.05, 3.63) is 60.3 Å². The molecule has 0 atom stereocenters. The summed E-state index contributed by atoms with van der Waals surface area (Å²) in [4.78, 5) is 31.3. The minimum absolute atomic E-state index is 0.113. The number of anilines is 3. The molecular weight excluding hydrogens is 446 g/mol. The van der Waals surface area contributed by atoms with E-state index in [0.29, 0.717) is 19.0 Å². The summed E-state index contributed by atoms with van der Waals surface area (Å²) in [5.74, 6) is 0.754. The number of carbonyl (C=O) groups is 2. The van der Waals surface area contributed by atoms with Gasteiger partial charge in [0.2, 0.25) is 17.8 Å². The normalized spacial score (nSPS) is 10.5. The quantitative estimate of drug-likeness (QED) is 0.164. The Morgan fingerprint density at radius 2 is 1.77 bits per heavy atom. The first-order valence-electron chi connectivity index (χ1n) is 11.6. The van der Waals surface area contributed by atoms with Gasteiger partial charge in [-0.05, 0) is 49.6 Å². The van der Waals surface area contributed by atoms with Crippen LogP contribution in [0.2, 0.25) is 0 Å². The highest BCUT2D eigenvalue weighted by Gasteiger charge is 2.08. The summed E-state index contributed by atoms with van der Waals surface area (Å²) < 4.78 is 5.85. The summed E-state index contributed by atoms with van der Waals surface area (Å²) in [6.07, 6.45) is 5.57. The van der Waals surface area contributed by atoms with E-state index in [2.05, 4.69) is 20.6 Å². The third-order valence-corrected chi connectivity index (χ3v) is 5.23. The zero-order chi connectivity index (χ0) is 25.0. The molecule has 0 aliphatic heterocycles. The van der Waals surface area contributed by atoms with Crippen LogP contribution < -0.4 is 20.9 Å². The van der Waals surface area contributed by atoms with Crippen molar-refractivity contribution in [2.24, 2.45) is 0 Å². The van der Waals surface area contributed by atoms with Crippen LogP contribution in [0.25, 0.3) is 11.3 Å². The third kappa shape index (κ3) is 8.38. The number of rotatable bonds is 12. The minimum atomic E-state index is -0.352. The van der Waals surface area contributed by atoms with Crippen molar-refractivity contribution in [2.75, 3.05) is 17.2 Å². The van der Waals surface area contributed by atoms with Gasteiger partial charge >= 0.3 is 0 Å². The lowest BCUT2D eigenvalue weighted by Gasteiger charge is -2.11. The van der Waals surface area contributed by atoms with E-state index in [4.69, 9.17) is 9.94 Å². The van der Waals surface area contributed by atoms with Gasteiger partial charge in [-0.15, -0.1) is 0 Å². The summed E-state index contributed by atoms with van der Waals surface area (Å²) in [6.45, 7) is 4.01. The number of benzene rings is 2. The van der Waals surface area contributed by atoms with E-state index in [-0.39, 0.29) is 11.8 Å². The standard InChI is InChI=1S/C26H31N5O4/c1-18-17-27-26(30-25(18)20-11-13-21(14-12-20)28-19(2)32)29-22-8-7-9-23(16-22)35-15-6-4-3-5-10-24(33)31-34/h7-9,11-14,16-17,34H,3-6,10,15H2,1-2H3,(H,28,32)(H,31,33)(H,27,29,30). The number of amides is 2. The van der Waals surface area contributed by atoms with E-state index in [1.54, 1.807) is 11.7 Å². The van der Waals surface area contributed by atoms with E-state index in [1.165, 1.54) is 6.92 Å². The Morgan fingerprint density at radius 3 is 2.51 bits per heavy atom. The van der Waals surface area contributed by atoms with E-state index in [0.717, 1.165) is 59.6 Å². The number of hydrogen-bond acceptors (Lipinski definition) is 7. The lowest BCUT2D eigenvalue weighted by atomic mass is 10.1. The molecular formula is C26H31N5O4. The maximum Gasteiger partial charge on any atom is 0.243 e. The van der Waals surface area contributed by atoms with Crippen molar-refractivity contribution in [2.45, 2.75) is 46.0 Å². The van der Waals surface area contributed by atoms with Crippen molar-refractivity contribution < 1.29 is 19.5 Å². The maximum atomic E-state index is 11.2. The molecule has 0 aliphatic carbocycles. The predicted molar refractivity (Wildman–Crippen MR) is 135 cm³/mol. The number of nitrogens with one attached hydrogen (secondary N) is 3. The molecule has 0 spiro atoms. The van der Waals surface area contributed by atoms with Gasteiger partial charge in [0.25, 0.3) is 0 Å². The summed E-state index contributed by atoms with van der Waals surface area (Å²) in [5, 5.41) is 14.5. The lowest BCUT2D eigenvalue weighted by Crippen LogP contribution is -2.17. The molecule has 9 nitrogen and oxygen atoms in total. The van der Waals surface area contributed by atoms with Crippen molar-refractivity contribution in [3.63, 3.8) is 0 Å². The van der Waals surface area contributed by atoms with Crippen LogP contribution in [-0.2, 0) is 9.59 Å². The molecule has 0 fully saturated rings. The first kappa shape index (κ1) is 25.6. The summed E-state index contributed by atoms with van der Waals surface area (Å²) in [6, 6.07) is 15.1. The zero-order valence-electron chi connectivity index (χ0n) is 20.0. The smallest absolute Gasteiger partial charge is 0.243 e. The van der Waals surface area contributed by atoms with E-state index < -0.39 is 0 Å².